The maximum absolute atomic E-state index is 13.3. The van der Waals surface area contributed by atoms with Crippen LogP contribution in [0.25, 0.3) is 0 Å². The number of benzene rings is 1. The van der Waals surface area contributed by atoms with E-state index in [-0.39, 0.29) is 5.69 Å². The number of carbonyl (C=O) groups is 1. The molecule has 0 aliphatic heterocycles. The Morgan fingerprint density at radius 2 is 2.20 bits per heavy atom. The van der Waals surface area contributed by atoms with Gasteiger partial charge in [-0.3, -0.25) is 5.10 Å². The summed E-state index contributed by atoms with van der Waals surface area (Å²) >= 11 is 0. The van der Waals surface area contributed by atoms with Gasteiger partial charge in [-0.2, -0.15) is 5.10 Å². The van der Waals surface area contributed by atoms with Crippen molar-refractivity contribution in [1.82, 2.24) is 15.5 Å². The molecule has 0 aliphatic carbocycles. The van der Waals surface area contributed by atoms with Crippen molar-refractivity contribution in [2.75, 3.05) is 11.9 Å². The van der Waals surface area contributed by atoms with E-state index in [1.807, 2.05) is 6.92 Å². The Bertz CT molecular complexity index is 582. The van der Waals surface area contributed by atoms with E-state index >= 15 is 0 Å². The lowest BCUT2D eigenvalue weighted by Crippen LogP contribution is -2.30. The van der Waals surface area contributed by atoms with E-state index < -0.39 is 11.8 Å². The number of H-pyrrole nitrogens is 1. The van der Waals surface area contributed by atoms with E-state index in [0.717, 1.165) is 24.1 Å². The normalized spacial score (nSPS) is 10.3. The molecule has 5 nitrogen and oxygen atoms in total. The molecule has 3 N–H and O–H groups in total. The van der Waals surface area contributed by atoms with Crippen LogP contribution in [0.15, 0.2) is 30.5 Å². The van der Waals surface area contributed by atoms with Crippen molar-refractivity contribution < 1.29 is 9.18 Å². The number of carbonyl (C=O) groups excluding carboxylic acids is 1. The van der Waals surface area contributed by atoms with Gasteiger partial charge in [-0.25, -0.2) is 9.18 Å². The van der Waals surface area contributed by atoms with Crippen molar-refractivity contribution >= 4 is 11.7 Å². The van der Waals surface area contributed by atoms with Gasteiger partial charge in [-0.1, -0.05) is 12.1 Å². The van der Waals surface area contributed by atoms with E-state index in [1.165, 1.54) is 12.1 Å². The zero-order valence-electron chi connectivity index (χ0n) is 11.2. The van der Waals surface area contributed by atoms with E-state index in [1.54, 1.807) is 18.3 Å². The second-order valence-electron chi connectivity index (χ2n) is 4.48. The highest BCUT2D eigenvalue weighted by atomic mass is 19.1. The van der Waals surface area contributed by atoms with Crippen molar-refractivity contribution in [2.24, 2.45) is 0 Å². The third kappa shape index (κ3) is 3.81. The van der Waals surface area contributed by atoms with Crippen molar-refractivity contribution in [3.8, 4) is 0 Å². The SMILES string of the molecule is Cc1[nH]ncc1CCCNC(=O)Nc1ccccc1F. The third-order valence-corrected chi connectivity index (χ3v) is 2.96. The number of aromatic amines is 1. The number of hydrogen-bond acceptors (Lipinski definition) is 2. The minimum absolute atomic E-state index is 0.177. The quantitative estimate of drug-likeness (QED) is 0.735. The minimum Gasteiger partial charge on any atom is -0.338 e. The summed E-state index contributed by atoms with van der Waals surface area (Å²) in [4.78, 5) is 11.6. The van der Waals surface area contributed by atoms with Gasteiger partial charge in [0.2, 0.25) is 0 Å². The molecule has 0 radical (unpaired) electrons. The molecule has 2 aromatic rings. The second kappa shape index (κ2) is 6.70. The molecule has 1 heterocycles. The predicted octanol–water partition coefficient (Wildman–Crippen LogP) is 2.61. The fourth-order valence-corrected chi connectivity index (χ4v) is 1.84. The Kier molecular flexibility index (Phi) is 4.70. The molecule has 0 atom stereocenters. The van der Waals surface area contributed by atoms with Crippen LogP contribution in [-0.2, 0) is 6.42 Å². The first kappa shape index (κ1) is 14.0. The first-order valence-corrected chi connectivity index (χ1v) is 6.45. The number of rotatable bonds is 5. The fourth-order valence-electron chi connectivity index (χ4n) is 1.84. The summed E-state index contributed by atoms with van der Waals surface area (Å²) in [6, 6.07) is 5.66. The van der Waals surface area contributed by atoms with Crippen LogP contribution in [-0.4, -0.2) is 22.8 Å². The first-order valence-electron chi connectivity index (χ1n) is 6.45. The lowest BCUT2D eigenvalue weighted by atomic mass is 10.1. The van der Waals surface area contributed by atoms with Gasteiger partial charge in [0.15, 0.2) is 0 Å². The monoisotopic (exact) mass is 276 g/mol. The lowest BCUT2D eigenvalue weighted by Gasteiger charge is -2.08. The standard InChI is InChI=1S/C14H17FN4O/c1-10-11(9-17-19-10)5-4-8-16-14(20)18-13-7-3-2-6-12(13)15/h2-3,6-7,9H,4-5,8H2,1H3,(H,17,19)(H2,16,18,20). The van der Waals surface area contributed by atoms with Gasteiger partial charge < -0.3 is 10.6 Å². The molecule has 2 rings (SSSR count). The van der Waals surface area contributed by atoms with Gasteiger partial charge in [-0.15, -0.1) is 0 Å². The minimum atomic E-state index is -0.448. The van der Waals surface area contributed by atoms with Crippen molar-refractivity contribution in [3.05, 3.63) is 47.5 Å². The molecular weight excluding hydrogens is 259 g/mol. The number of anilines is 1. The summed E-state index contributed by atoms with van der Waals surface area (Å²) in [6.45, 7) is 2.48. The summed E-state index contributed by atoms with van der Waals surface area (Å²) in [7, 11) is 0. The number of nitrogens with one attached hydrogen (secondary N) is 3. The Labute approximate surface area is 116 Å². The van der Waals surface area contributed by atoms with Gasteiger partial charge in [0, 0.05) is 12.2 Å². The lowest BCUT2D eigenvalue weighted by molar-refractivity contribution is 0.252. The fraction of sp³-hybridized carbons (Fsp3) is 0.286. The molecule has 6 heteroatoms. The number of para-hydroxylation sites is 1. The summed E-state index contributed by atoms with van der Waals surface area (Å²) < 4.78 is 13.3. The van der Waals surface area contributed by atoms with Gasteiger partial charge >= 0.3 is 6.03 Å². The highest BCUT2D eigenvalue weighted by molar-refractivity contribution is 5.89. The number of urea groups is 1. The van der Waals surface area contributed by atoms with Crippen LogP contribution >= 0.6 is 0 Å². The number of nitrogens with zero attached hydrogens (tertiary/aromatic N) is 1. The van der Waals surface area contributed by atoms with Crippen LogP contribution in [0.4, 0.5) is 14.9 Å². The molecule has 0 unspecified atom stereocenters. The zero-order valence-corrected chi connectivity index (χ0v) is 11.2. The van der Waals surface area contributed by atoms with Crippen LogP contribution in [0.2, 0.25) is 0 Å². The number of aryl methyl sites for hydroxylation is 2. The summed E-state index contributed by atoms with van der Waals surface area (Å²) in [5.41, 5.74) is 2.36. The van der Waals surface area contributed by atoms with Crippen LogP contribution in [0.3, 0.4) is 0 Å². The Morgan fingerprint density at radius 1 is 1.40 bits per heavy atom. The van der Waals surface area contributed by atoms with Gasteiger partial charge in [-0.05, 0) is 37.5 Å². The molecule has 106 valence electrons. The molecule has 0 spiro atoms. The highest BCUT2D eigenvalue weighted by Gasteiger charge is 2.05. The molecule has 1 aromatic heterocycles. The molecule has 0 saturated carbocycles. The van der Waals surface area contributed by atoms with E-state index in [9.17, 15) is 9.18 Å². The topological polar surface area (TPSA) is 69.8 Å². The third-order valence-electron chi connectivity index (χ3n) is 2.96. The Hall–Kier alpha value is -2.37. The molecule has 0 aliphatic rings. The number of hydrogen-bond donors (Lipinski definition) is 3. The molecule has 0 saturated heterocycles. The van der Waals surface area contributed by atoms with Crippen molar-refractivity contribution in [2.45, 2.75) is 19.8 Å². The highest BCUT2D eigenvalue weighted by Crippen LogP contribution is 2.11. The first-order chi connectivity index (χ1) is 9.66. The maximum atomic E-state index is 13.3. The van der Waals surface area contributed by atoms with Gasteiger partial charge in [0.1, 0.15) is 5.82 Å². The number of halogens is 1. The second-order valence-corrected chi connectivity index (χ2v) is 4.48. The average molecular weight is 276 g/mol. The van der Waals surface area contributed by atoms with Crippen LogP contribution < -0.4 is 10.6 Å². The van der Waals surface area contributed by atoms with Crippen LogP contribution in [0.1, 0.15) is 17.7 Å². The number of aromatic nitrogens is 2. The molecule has 20 heavy (non-hydrogen) atoms. The van der Waals surface area contributed by atoms with Crippen molar-refractivity contribution in [3.63, 3.8) is 0 Å². The summed E-state index contributed by atoms with van der Waals surface area (Å²) in [5.74, 6) is -0.448. The average Bonchev–Trinajstić information content (AvgIpc) is 2.83. The Morgan fingerprint density at radius 3 is 2.90 bits per heavy atom. The molecular formula is C14H17FN4O. The van der Waals surface area contributed by atoms with E-state index in [4.69, 9.17) is 0 Å². The smallest absolute Gasteiger partial charge is 0.319 e. The molecule has 1 aromatic carbocycles. The molecule has 2 amide bonds. The number of amides is 2. The zero-order chi connectivity index (χ0) is 14.4. The largest absolute Gasteiger partial charge is 0.338 e. The maximum Gasteiger partial charge on any atom is 0.319 e. The predicted molar refractivity (Wildman–Crippen MR) is 75.1 cm³/mol. The Balaban J connectivity index is 1.71. The van der Waals surface area contributed by atoms with Gasteiger partial charge in [0.25, 0.3) is 0 Å². The molecule has 0 fully saturated rings. The van der Waals surface area contributed by atoms with Crippen LogP contribution in [0.5, 0.6) is 0 Å². The van der Waals surface area contributed by atoms with E-state index in [2.05, 4.69) is 20.8 Å². The summed E-state index contributed by atoms with van der Waals surface area (Å²) in [5, 5.41) is 12.0. The molecule has 0 bridgehead atoms. The van der Waals surface area contributed by atoms with Crippen molar-refractivity contribution in [1.29, 1.82) is 0 Å². The summed E-state index contributed by atoms with van der Waals surface area (Å²) in [6.07, 6.45) is 3.42. The van der Waals surface area contributed by atoms with E-state index in [0.29, 0.717) is 6.54 Å². The van der Waals surface area contributed by atoms with Crippen LogP contribution in [0, 0.1) is 12.7 Å². The van der Waals surface area contributed by atoms with Gasteiger partial charge in [0.05, 0.1) is 11.9 Å².